The minimum absolute atomic E-state index is 0.176. The van der Waals surface area contributed by atoms with Crippen molar-refractivity contribution in [2.75, 3.05) is 10.6 Å². The highest BCUT2D eigenvalue weighted by atomic mass is 32.1. The van der Waals surface area contributed by atoms with Gasteiger partial charge in [0, 0.05) is 23.3 Å². The van der Waals surface area contributed by atoms with Gasteiger partial charge in [-0.05, 0) is 31.2 Å². The lowest BCUT2D eigenvalue weighted by Gasteiger charge is -2.02. The van der Waals surface area contributed by atoms with E-state index in [1.54, 1.807) is 30.6 Å². The lowest BCUT2D eigenvalue weighted by molar-refractivity contribution is 0.101. The fraction of sp³-hybridized carbons (Fsp3) is 0.0526. The Kier molecular flexibility index (Phi) is 4.63. The zero-order chi connectivity index (χ0) is 18.6. The molecule has 4 aromatic rings. The van der Waals surface area contributed by atoms with Gasteiger partial charge in [0.1, 0.15) is 5.69 Å². The summed E-state index contributed by atoms with van der Waals surface area (Å²) < 4.78 is 5.28. The number of thiazole rings is 1. The van der Waals surface area contributed by atoms with Crippen LogP contribution in [0.1, 0.15) is 16.1 Å². The molecule has 1 aromatic carbocycles. The van der Waals surface area contributed by atoms with Crippen LogP contribution in [0.25, 0.3) is 11.5 Å². The fourth-order valence-corrected chi connectivity index (χ4v) is 3.06. The van der Waals surface area contributed by atoms with Crippen molar-refractivity contribution in [1.82, 2.24) is 15.1 Å². The second kappa shape index (κ2) is 7.38. The van der Waals surface area contributed by atoms with Crippen molar-refractivity contribution in [3.63, 3.8) is 0 Å². The molecule has 0 radical (unpaired) electrons. The molecule has 0 unspecified atom stereocenters. The minimum Gasteiger partial charge on any atom is -0.354 e. The quantitative estimate of drug-likeness (QED) is 0.532. The van der Waals surface area contributed by atoms with Crippen molar-refractivity contribution in [3.05, 3.63) is 71.5 Å². The Bertz CT molecular complexity index is 1060. The minimum atomic E-state index is -0.369. The zero-order valence-corrected chi connectivity index (χ0v) is 15.2. The Morgan fingerprint density at radius 1 is 1.15 bits per heavy atom. The maximum atomic E-state index is 12.2. The Labute approximate surface area is 159 Å². The van der Waals surface area contributed by atoms with E-state index in [9.17, 15) is 4.79 Å². The van der Waals surface area contributed by atoms with Gasteiger partial charge in [-0.15, -0.1) is 11.3 Å². The summed E-state index contributed by atoms with van der Waals surface area (Å²) in [7, 11) is 0. The van der Waals surface area contributed by atoms with Gasteiger partial charge in [-0.1, -0.05) is 22.9 Å². The van der Waals surface area contributed by atoms with Crippen molar-refractivity contribution in [3.8, 4) is 11.5 Å². The summed E-state index contributed by atoms with van der Waals surface area (Å²) in [5.74, 6) is 0.0609. The first kappa shape index (κ1) is 16.9. The number of aromatic nitrogens is 3. The van der Waals surface area contributed by atoms with Gasteiger partial charge < -0.3 is 15.2 Å². The van der Waals surface area contributed by atoms with Gasteiger partial charge in [0.05, 0.1) is 11.9 Å². The molecule has 7 nitrogen and oxygen atoms in total. The van der Waals surface area contributed by atoms with E-state index in [1.165, 1.54) is 16.9 Å². The number of nitrogens with one attached hydrogen (secondary N) is 2. The molecule has 1 amide bonds. The lowest BCUT2D eigenvalue weighted by Crippen LogP contribution is -2.12. The molecule has 0 aliphatic rings. The van der Waals surface area contributed by atoms with Gasteiger partial charge in [-0.3, -0.25) is 9.78 Å². The molecule has 3 aromatic heterocycles. The van der Waals surface area contributed by atoms with E-state index in [4.69, 9.17) is 4.52 Å². The maximum absolute atomic E-state index is 12.2. The molecule has 0 aliphatic carbocycles. The van der Waals surface area contributed by atoms with E-state index in [0.717, 1.165) is 10.8 Å². The van der Waals surface area contributed by atoms with Crippen molar-refractivity contribution >= 4 is 33.8 Å². The summed E-state index contributed by atoms with van der Waals surface area (Å²) >= 11 is 1.44. The number of anilines is 3. The molecule has 4 rings (SSSR count). The third-order valence-electron chi connectivity index (χ3n) is 3.72. The largest absolute Gasteiger partial charge is 0.354 e. The van der Waals surface area contributed by atoms with E-state index in [1.807, 2.05) is 36.6 Å². The summed E-state index contributed by atoms with van der Waals surface area (Å²) in [6.45, 7) is 2.04. The topological polar surface area (TPSA) is 92.9 Å². The van der Waals surface area contributed by atoms with Crippen LogP contribution in [0.4, 0.5) is 16.5 Å². The van der Waals surface area contributed by atoms with Crippen LogP contribution in [0.2, 0.25) is 0 Å². The van der Waals surface area contributed by atoms with Crippen LogP contribution in [0.5, 0.6) is 0 Å². The van der Waals surface area contributed by atoms with E-state index < -0.39 is 0 Å². The van der Waals surface area contributed by atoms with Crippen LogP contribution in [0.3, 0.4) is 0 Å². The van der Waals surface area contributed by atoms with Gasteiger partial charge in [-0.2, -0.15) is 0 Å². The first-order valence-corrected chi connectivity index (χ1v) is 9.03. The van der Waals surface area contributed by atoms with Gasteiger partial charge in [-0.25, -0.2) is 4.98 Å². The first-order chi connectivity index (χ1) is 13.2. The van der Waals surface area contributed by atoms with Crippen molar-refractivity contribution in [1.29, 1.82) is 0 Å². The summed E-state index contributed by atoms with van der Waals surface area (Å²) in [5, 5.41) is 12.4. The van der Waals surface area contributed by atoms with Gasteiger partial charge >= 0.3 is 0 Å². The molecule has 0 aliphatic heterocycles. The highest BCUT2D eigenvalue weighted by Crippen LogP contribution is 2.27. The summed E-state index contributed by atoms with van der Waals surface area (Å²) in [6, 6.07) is 13.1. The number of carbonyl (C=O) groups is 1. The van der Waals surface area contributed by atoms with E-state index in [0.29, 0.717) is 17.1 Å². The molecule has 2 N–H and O–H groups in total. The number of aryl methyl sites for hydroxylation is 1. The van der Waals surface area contributed by atoms with Crippen LogP contribution >= 0.6 is 11.3 Å². The predicted molar refractivity (Wildman–Crippen MR) is 104 cm³/mol. The standard InChI is InChI=1S/C19H15N5O2S/c1-12-4-6-13(7-5-12)22-19-23-16(11-27-19)17-9-15(24-26-17)18(25)21-14-3-2-8-20-10-14/h2-11H,1H3,(H,21,25)(H,22,23). The molecule has 0 saturated heterocycles. The maximum Gasteiger partial charge on any atom is 0.277 e. The Morgan fingerprint density at radius 2 is 2.00 bits per heavy atom. The van der Waals surface area contributed by atoms with E-state index >= 15 is 0 Å². The number of amides is 1. The molecule has 0 bridgehead atoms. The first-order valence-electron chi connectivity index (χ1n) is 8.15. The van der Waals surface area contributed by atoms with Crippen LogP contribution in [0.15, 0.2) is 64.8 Å². The smallest absolute Gasteiger partial charge is 0.277 e. The number of hydrogen-bond donors (Lipinski definition) is 2. The average Bonchev–Trinajstić information content (AvgIpc) is 3.34. The van der Waals surface area contributed by atoms with Crippen LogP contribution < -0.4 is 10.6 Å². The third kappa shape index (κ3) is 4.01. The van der Waals surface area contributed by atoms with Crippen LogP contribution in [-0.4, -0.2) is 21.0 Å². The molecule has 134 valence electrons. The van der Waals surface area contributed by atoms with Gasteiger partial charge in [0.2, 0.25) is 0 Å². The molecule has 0 saturated carbocycles. The molecule has 8 heteroatoms. The van der Waals surface area contributed by atoms with Crippen molar-refractivity contribution in [2.24, 2.45) is 0 Å². The van der Waals surface area contributed by atoms with Crippen molar-refractivity contribution < 1.29 is 9.32 Å². The highest BCUT2D eigenvalue weighted by Gasteiger charge is 2.16. The SMILES string of the molecule is Cc1ccc(Nc2nc(-c3cc(C(=O)Nc4cccnc4)no3)cs2)cc1. The van der Waals surface area contributed by atoms with Crippen molar-refractivity contribution in [2.45, 2.75) is 6.92 Å². The summed E-state index contributed by atoms with van der Waals surface area (Å²) in [6.07, 6.45) is 3.19. The van der Waals surface area contributed by atoms with E-state index in [-0.39, 0.29) is 11.6 Å². The number of rotatable bonds is 5. The highest BCUT2D eigenvalue weighted by molar-refractivity contribution is 7.14. The van der Waals surface area contributed by atoms with Gasteiger partial charge in [0.15, 0.2) is 16.6 Å². The molecule has 0 atom stereocenters. The normalized spacial score (nSPS) is 10.6. The number of hydrogen-bond acceptors (Lipinski definition) is 7. The van der Waals surface area contributed by atoms with Gasteiger partial charge in [0.25, 0.3) is 5.91 Å². The molecule has 0 fully saturated rings. The molecular weight excluding hydrogens is 362 g/mol. The number of carbonyl (C=O) groups excluding carboxylic acids is 1. The van der Waals surface area contributed by atoms with E-state index in [2.05, 4.69) is 25.8 Å². The number of nitrogens with zero attached hydrogens (tertiary/aromatic N) is 3. The van der Waals surface area contributed by atoms with Crippen LogP contribution in [-0.2, 0) is 0 Å². The monoisotopic (exact) mass is 377 g/mol. The third-order valence-corrected chi connectivity index (χ3v) is 4.48. The number of benzene rings is 1. The summed E-state index contributed by atoms with van der Waals surface area (Å²) in [4.78, 5) is 20.7. The number of pyridine rings is 1. The predicted octanol–water partition coefficient (Wildman–Crippen LogP) is 4.50. The van der Waals surface area contributed by atoms with Crippen LogP contribution in [0, 0.1) is 6.92 Å². The zero-order valence-electron chi connectivity index (χ0n) is 14.3. The Hall–Kier alpha value is -3.52. The Balaban J connectivity index is 1.46. The fourth-order valence-electron chi connectivity index (χ4n) is 2.34. The molecule has 3 heterocycles. The average molecular weight is 377 g/mol. The summed E-state index contributed by atoms with van der Waals surface area (Å²) in [5.41, 5.74) is 3.53. The lowest BCUT2D eigenvalue weighted by atomic mass is 10.2. The Morgan fingerprint density at radius 3 is 2.78 bits per heavy atom. The molecule has 27 heavy (non-hydrogen) atoms. The molecule has 0 spiro atoms. The second-order valence-electron chi connectivity index (χ2n) is 5.80. The second-order valence-corrected chi connectivity index (χ2v) is 6.66. The molecular formula is C19H15N5O2S.